The average molecular weight is 373 g/mol. The van der Waals surface area contributed by atoms with Crippen molar-refractivity contribution in [1.29, 1.82) is 0 Å². The van der Waals surface area contributed by atoms with Crippen molar-refractivity contribution < 1.29 is 19.5 Å². The van der Waals surface area contributed by atoms with Crippen molar-refractivity contribution in [1.82, 2.24) is 9.80 Å². The molecule has 2 rings (SSSR count). The summed E-state index contributed by atoms with van der Waals surface area (Å²) in [7, 11) is 0. The fourth-order valence-electron chi connectivity index (χ4n) is 2.99. The molecule has 0 bridgehead atoms. The van der Waals surface area contributed by atoms with Gasteiger partial charge < -0.3 is 14.9 Å². The van der Waals surface area contributed by atoms with Gasteiger partial charge >= 0.3 is 5.97 Å². The first-order valence-electron chi connectivity index (χ1n) is 7.88. The van der Waals surface area contributed by atoms with E-state index >= 15 is 0 Å². The Balaban J connectivity index is 1.94. The van der Waals surface area contributed by atoms with Gasteiger partial charge in [-0.3, -0.25) is 14.4 Å². The molecule has 24 heavy (non-hydrogen) atoms. The number of amides is 2. The first kappa shape index (κ1) is 18.7. The van der Waals surface area contributed by atoms with Crippen LogP contribution in [-0.4, -0.2) is 58.4 Å². The highest BCUT2D eigenvalue weighted by molar-refractivity contribution is 7.16. The quantitative estimate of drug-likeness (QED) is 0.859. The molecule has 2 heterocycles. The van der Waals surface area contributed by atoms with Gasteiger partial charge in [0.15, 0.2) is 0 Å². The lowest BCUT2D eigenvalue weighted by Crippen LogP contribution is -2.43. The van der Waals surface area contributed by atoms with Gasteiger partial charge in [0.2, 0.25) is 11.8 Å². The zero-order valence-electron chi connectivity index (χ0n) is 13.5. The number of aliphatic carboxylic acids is 1. The number of thiophene rings is 1. The van der Waals surface area contributed by atoms with Gasteiger partial charge in [-0.25, -0.2) is 0 Å². The molecule has 2 amide bonds. The molecule has 0 radical (unpaired) electrons. The standard InChI is InChI=1S/C16H21ClN2O4S/c1-11(20)19(10-16(22)23)12-3-2-7-18(8-6-12)15(21)9-13-4-5-14(17)24-13/h4-5,12H,2-3,6-10H2,1H3,(H,22,23). The van der Waals surface area contributed by atoms with Gasteiger partial charge in [0.05, 0.1) is 10.8 Å². The smallest absolute Gasteiger partial charge is 0.323 e. The SMILES string of the molecule is CC(=O)N(CC(=O)O)C1CCCN(C(=O)Cc2ccc(Cl)s2)CC1. The Hall–Kier alpha value is -1.60. The first-order valence-corrected chi connectivity index (χ1v) is 9.07. The van der Waals surface area contributed by atoms with Crippen molar-refractivity contribution in [3.8, 4) is 0 Å². The van der Waals surface area contributed by atoms with E-state index in [9.17, 15) is 14.4 Å². The molecule has 1 unspecified atom stereocenters. The third-order valence-electron chi connectivity index (χ3n) is 4.16. The fourth-order valence-corrected chi connectivity index (χ4v) is 4.07. The molecule has 1 fully saturated rings. The van der Waals surface area contributed by atoms with E-state index < -0.39 is 5.97 Å². The molecule has 1 N–H and O–H groups in total. The fraction of sp³-hybridized carbons (Fsp3) is 0.562. The number of carbonyl (C=O) groups excluding carboxylic acids is 2. The summed E-state index contributed by atoms with van der Waals surface area (Å²) in [5, 5.41) is 8.97. The van der Waals surface area contributed by atoms with Crippen LogP contribution in [0.25, 0.3) is 0 Å². The molecule has 132 valence electrons. The summed E-state index contributed by atoms with van der Waals surface area (Å²) in [5.74, 6) is -1.21. The molecule has 6 nitrogen and oxygen atoms in total. The maximum absolute atomic E-state index is 12.4. The molecule has 0 aliphatic carbocycles. The molecule has 1 aliphatic rings. The number of halogens is 1. The van der Waals surface area contributed by atoms with E-state index in [-0.39, 0.29) is 24.4 Å². The molecule has 8 heteroatoms. The van der Waals surface area contributed by atoms with Crippen LogP contribution in [0.2, 0.25) is 4.34 Å². The van der Waals surface area contributed by atoms with Gasteiger partial charge in [-0.1, -0.05) is 11.6 Å². The predicted octanol–water partition coefficient (Wildman–Crippen LogP) is 2.26. The Morgan fingerprint density at radius 3 is 2.67 bits per heavy atom. The van der Waals surface area contributed by atoms with E-state index in [0.717, 1.165) is 11.3 Å². The molecule has 1 aliphatic heterocycles. The molecular formula is C16H21ClN2O4S. The number of likely N-dealkylation sites (tertiary alicyclic amines) is 1. The van der Waals surface area contributed by atoms with Crippen LogP contribution in [0.4, 0.5) is 0 Å². The minimum atomic E-state index is -1.02. The summed E-state index contributed by atoms with van der Waals surface area (Å²) in [4.78, 5) is 39.2. The normalized spacial score (nSPS) is 18.1. The maximum Gasteiger partial charge on any atom is 0.323 e. The minimum Gasteiger partial charge on any atom is -0.480 e. The Labute approximate surface area is 150 Å². The van der Waals surface area contributed by atoms with Gasteiger partial charge in [-0.2, -0.15) is 0 Å². The van der Waals surface area contributed by atoms with Crippen LogP contribution in [0.15, 0.2) is 12.1 Å². The number of hydrogen-bond acceptors (Lipinski definition) is 4. The maximum atomic E-state index is 12.4. The van der Waals surface area contributed by atoms with Crippen LogP contribution < -0.4 is 0 Å². The molecule has 0 spiro atoms. The lowest BCUT2D eigenvalue weighted by molar-refractivity contribution is -0.145. The van der Waals surface area contributed by atoms with Gasteiger partial charge in [0, 0.05) is 30.9 Å². The minimum absolute atomic E-state index is 0.0433. The summed E-state index contributed by atoms with van der Waals surface area (Å²) < 4.78 is 0.666. The van der Waals surface area contributed by atoms with Gasteiger partial charge in [0.25, 0.3) is 0 Å². The van der Waals surface area contributed by atoms with Crippen molar-refractivity contribution >= 4 is 40.7 Å². The molecule has 1 atom stereocenters. The Morgan fingerprint density at radius 1 is 1.33 bits per heavy atom. The third kappa shape index (κ3) is 5.21. The van der Waals surface area contributed by atoms with Crippen LogP contribution in [-0.2, 0) is 20.8 Å². The van der Waals surface area contributed by atoms with Crippen molar-refractivity contribution in [2.75, 3.05) is 19.6 Å². The Bertz CT molecular complexity index is 619. The summed E-state index contributed by atoms with van der Waals surface area (Å²) in [6, 6.07) is 3.51. The third-order valence-corrected chi connectivity index (χ3v) is 5.39. The zero-order chi connectivity index (χ0) is 17.7. The van der Waals surface area contributed by atoms with E-state index in [1.807, 2.05) is 6.07 Å². The summed E-state index contributed by atoms with van der Waals surface area (Å²) in [5.41, 5.74) is 0. The van der Waals surface area contributed by atoms with Crippen molar-refractivity contribution in [2.24, 2.45) is 0 Å². The second kappa shape index (κ2) is 8.48. The Kier molecular flexibility index (Phi) is 6.62. The number of carbonyl (C=O) groups is 3. The zero-order valence-corrected chi connectivity index (χ0v) is 15.1. The number of nitrogens with zero attached hydrogens (tertiary/aromatic N) is 2. The lowest BCUT2D eigenvalue weighted by Gasteiger charge is -2.28. The van der Waals surface area contributed by atoms with Crippen LogP contribution in [0.3, 0.4) is 0 Å². The highest BCUT2D eigenvalue weighted by atomic mass is 35.5. The molecular weight excluding hydrogens is 352 g/mol. The number of carboxylic acids is 1. The number of carboxylic acid groups (broad SMARTS) is 1. The first-order chi connectivity index (χ1) is 11.4. The topological polar surface area (TPSA) is 77.9 Å². The van der Waals surface area contributed by atoms with E-state index in [2.05, 4.69) is 0 Å². The monoisotopic (exact) mass is 372 g/mol. The molecule has 0 saturated carbocycles. The Morgan fingerprint density at radius 2 is 2.08 bits per heavy atom. The second-order valence-corrected chi connectivity index (χ2v) is 7.69. The van der Waals surface area contributed by atoms with E-state index in [0.29, 0.717) is 36.7 Å². The highest BCUT2D eigenvalue weighted by Gasteiger charge is 2.27. The number of rotatable bonds is 5. The molecule has 1 saturated heterocycles. The van der Waals surface area contributed by atoms with Crippen LogP contribution in [0.1, 0.15) is 31.1 Å². The number of hydrogen-bond donors (Lipinski definition) is 1. The van der Waals surface area contributed by atoms with Crippen LogP contribution in [0, 0.1) is 0 Å². The average Bonchev–Trinajstić information content (AvgIpc) is 2.76. The molecule has 1 aromatic heterocycles. The lowest BCUT2D eigenvalue weighted by atomic mass is 10.1. The summed E-state index contributed by atoms with van der Waals surface area (Å²) in [6.07, 6.45) is 2.39. The van der Waals surface area contributed by atoms with Gasteiger partial charge in [0.1, 0.15) is 6.54 Å². The van der Waals surface area contributed by atoms with Gasteiger partial charge in [-0.15, -0.1) is 11.3 Å². The van der Waals surface area contributed by atoms with Crippen molar-refractivity contribution in [2.45, 2.75) is 38.6 Å². The molecule has 0 aromatic carbocycles. The largest absolute Gasteiger partial charge is 0.480 e. The van der Waals surface area contributed by atoms with Crippen molar-refractivity contribution in [3.05, 3.63) is 21.3 Å². The van der Waals surface area contributed by atoms with E-state index in [1.165, 1.54) is 23.2 Å². The van der Waals surface area contributed by atoms with E-state index in [4.69, 9.17) is 16.7 Å². The van der Waals surface area contributed by atoms with Crippen LogP contribution >= 0.6 is 22.9 Å². The predicted molar refractivity (Wildman–Crippen MR) is 92.3 cm³/mol. The van der Waals surface area contributed by atoms with E-state index in [1.54, 1.807) is 11.0 Å². The summed E-state index contributed by atoms with van der Waals surface area (Å²) >= 11 is 7.29. The highest BCUT2D eigenvalue weighted by Crippen LogP contribution is 2.23. The van der Waals surface area contributed by atoms with Crippen LogP contribution in [0.5, 0.6) is 0 Å². The summed E-state index contributed by atoms with van der Waals surface area (Å²) in [6.45, 7) is 2.26. The second-order valence-electron chi connectivity index (χ2n) is 5.89. The van der Waals surface area contributed by atoms with Gasteiger partial charge in [-0.05, 0) is 31.4 Å². The molecule has 1 aromatic rings. The van der Waals surface area contributed by atoms with Crippen molar-refractivity contribution in [3.63, 3.8) is 0 Å².